The van der Waals surface area contributed by atoms with Gasteiger partial charge in [-0.3, -0.25) is 14.5 Å². The quantitative estimate of drug-likeness (QED) is 0.622. The van der Waals surface area contributed by atoms with Gasteiger partial charge in [0.1, 0.15) is 10.9 Å². The molecule has 0 aromatic heterocycles. The Morgan fingerprint density at radius 1 is 1.26 bits per heavy atom. The fourth-order valence-electron chi connectivity index (χ4n) is 3.33. The van der Waals surface area contributed by atoms with Gasteiger partial charge in [-0.2, -0.15) is 0 Å². The normalized spacial score (nSPS) is 25.3. The second kappa shape index (κ2) is 7.17. The number of anilines is 1. The highest BCUT2D eigenvalue weighted by Gasteiger charge is 2.34. The van der Waals surface area contributed by atoms with Crippen LogP contribution < -0.4 is 4.90 Å². The van der Waals surface area contributed by atoms with E-state index in [0.717, 1.165) is 27.9 Å². The van der Waals surface area contributed by atoms with Crippen LogP contribution in [-0.2, 0) is 9.59 Å². The molecule has 27 heavy (non-hydrogen) atoms. The first-order chi connectivity index (χ1) is 13.0. The van der Waals surface area contributed by atoms with Crippen molar-refractivity contribution >= 4 is 45.9 Å². The molecular weight excluding hydrogens is 380 g/mol. The lowest BCUT2D eigenvalue weighted by atomic mass is 9.92. The van der Waals surface area contributed by atoms with E-state index < -0.39 is 12.5 Å². The minimum Gasteiger partial charge on any atom is -0.480 e. The summed E-state index contributed by atoms with van der Waals surface area (Å²) in [4.78, 5) is 27.1. The van der Waals surface area contributed by atoms with E-state index in [1.807, 2.05) is 24.3 Å². The number of benzene rings is 1. The van der Waals surface area contributed by atoms with Crippen LogP contribution in [0.3, 0.4) is 0 Å². The third-order valence-electron chi connectivity index (χ3n) is 4.57. The van der Waals surface area contributed by atoms with Crippen LogP contribution in [0.25, 0.3) is 0 Å². The van der Waals surface area contributed by atoms with Gasteiger partial charge in [0, 0.05) is 17.8 Å². The van der Waals surface area contributed by atoms with Crippen molar-refractivity contribution < 1.29 is 14.7 Å². The maximum absolute atomic E-state index is 12.4. The number of carboxylic acids is 1. The highest BCUT2D eigenvalue weighted by molar-refractivity contribution is 8.26. The number of carbonyl (C=O) groups is 2. The molecule has 0 bridgehead atoms. The van der Waals surface area contributed by atoms with Crippen molar-refractivity contribution in [1.82, 2.24) is 4.90 Å². The standard InChI is InChI=1S/C20H16N2O3S2/c23-18(24)12-22-19(25)17(27-20(22)26)11-13-6-7-16-14(10-13)8-9-21(16)15-4-2-1-3-5-15/h1-11,14,16H,12H2,(H,23,24)/b17-11-. The summed E-state index contributed by atoms with van der Waals surface area (Å²) in [7, 11) is 0. The molecule has 1 aromatic rings. The molecule has 1 fully saturated rings. The Morgan fingerprint density at radius 3 is 2.78 bits per heavy atom. The molecule has 136 valence electrons. The van der Waals surface area contributed by atoms with Gasteiger partial charge in [-0.05, 0) is 23.8 Å². The van der Waals surface area contributed by atoms with E-state index in [0.29, 0.717) is 4.91 Å². The van der Waals surface area contributed by atoms with Crippen molar-refractivity contribution in [3.05, 3.63) is 77.4 Å². The van der Waals surface area contributed by atoms with E-state index in [4.69, 9.17) is 17.3 Å². The second-order valence-electron chi connectivity index (χ2n) is 6.34. The smallest absolute Gasteiger partial charge is 0.323 e. The Morgan fingerprint density at radius 2 is 2.04 bits per heavy atom. The molecule has 2 aliphatic heterocycles. The predicted molar refractivity (Wildman–Crippen MR) is 110 cm³/mol. The van der Waals surface area contributed by atoms with E-state index in [1.165, 1.54) is 0 Å². The monoisotopic (exact) mass is 396 g/mol. The van der Waals surface area contributed by atoms with Crippen molar-refractivity contribution in [2.24, 2.45) is 5.92 Å². The van der Waals surface area contributed by atoms with Gasteiger partial charge in [-0.15, -0.1) is 0 Å². The van der Waals surface area contributed by atoms with Gasteiger partial charge in [0.05, 0.1) is 10.9 Å². The van der Waals surface area contributed by atoms with Gasteiger partial charge < -0.3 is 10.0 Å². The molecule has 1 aliphatic carbocycles. The Balaban J connectivity index is 1.52. The van der Waals surface area contributed by atoms with Gasteiger partial charge >= 0.3 is 5.97 Å². The van der Waals surface area contributed by atoms with E-state index in [2.05, 4.69) is 41.5 Å². The zero-order valence-corrected chi connectivity index (χ0v) is 15.8. The summed E-state index contributed by atoms with van der Waals surface area (Å²) in [6.45, 7) is -0.406. The van der Waals surface area contributed by atoms with Gasteiger partial charge in [-0.25, -0.2) is 0 Å². The minimum atomic E-state index is -1.08. The molecule has 3 aliphatic rings. The predicted octanol–water partition coefficient (Wildman–Crippen LogP) is 3.33. The Hall–Kier alpha value is -2.64. The Labute approximate surface area is 166 Å². The largest absolute Gasteiger partial charge is 0.480 e. The number of carbonyl (C=O) groups excluding carboxylic acids is 1. The number of hydrogen-bond donors (Lipinski definition) is 1. The molecule has 1 amide bonds. The van der Waals surface area contributed by atoms with Crippen molar-refractivity contribution in [3.63, 3.8) is 0 Å². The lowest BCUT2D eigenvalue weighted by Crippen LogP contribution is -2.33. The molecule has 4 rings (SSSR count). The zero-order chi connectivity index (χ0) is 19.0. The molecule has 5 nitrogen and oxygen atoms in total. The highest BCUT2D eigenvalue weighted by atomic mass is 32.2. The molecule has 1 saturated heterocycles. The lowest BCUT2D eigenvalue weighted by molar-refractivity contribution is -0.140. The van der Waals surface area contributed by atoms with Crippen LogP contribution in [0.4, 0.5) is 5.69 Å². The van der Waals surface area contributed by atoms with Crippen LogP contribution in [0.1, 0.15) is 0 Å². The van der Waals surface area contributed by atoms with E-state index in [9.17, 15) is 9.59 Å². The number of thiocarbonyl (C=S) groups is 1. The third-order valence-corrected chi connectivity index (χ3v) is 5.95. The lowest BCUT2D eigenvalue weighted by Gasteiger charge is -2.28. The molecule has 0 saturated carbocycles. The van der Waals surface area contributed by atoms with Crippen LogP contribution in [0, 0.1) is 5.92 Å². The summed E-state index contributed by atoms with van der Waals surface area (Å²) in [5.41, 5.74) is 2.06. The maximum atomic E-state index is 12.4. The summed E-state index contributed by atoms with van der Waals surface area (Å²) in [5.74, 6) is -1.22. The first-order valence-corrected chi connectivity index (χ1v) is 9.64. The van der Waals surface area contributed by atoms with E-state index in [1.54, 1.807) is 6.08 Å². The number of thioether (sulfide) groups is 1. The summed E-state index contributed by atoms with van der Waals surface area (Å²) in [6, 6.07) is 10.4. The number of carboxylic acid groups (broad SMARTS) is 1. The topological polar surface area (TPSA) is 60.9 Å². The number of para-hydroxylation sites is 1. The Kier molecular flexibility index (Phi) is 4.72. The first-order valence-electron chi connectivity index (χ1n) is 8.42. The average molecular weight is 396 g/mol. The van der Waals surface area contributed by atoms with Gasteiger partial charge in [0.25, 0.3) is 5.91 Å². The third kappa shape index (κ3) is 3.48. The zero-order valence-electron chi connectivity index (χ0n) is 14.2. The van der Waals surface area contributed by atoms with Gasteiger partial charge in [0.15, 0.2) is 0 Å². The van der Waals surface area contributed by atoms with Crippen LogP contribution in [0.2, 0.25) is 0 Å². The number of allylic oxidation sites excluding steroid dienone is 3. The summed E-state index contributed by atoms with van der Waals surface area (Å²) >= 11 is 6.28. The summed E-state index contributed by atoms with van der Waals surface area (Å²) < 4.78 is 0.280. The maximum Gasteiger partial charge on any atom is 0.323 e. The van der Waals surface area contributed by atoms with Crippen LogP contribution in [0.15, 0.2) is 77.4 Å². The summed E-state index contributed by atoms with van der Waals surface area (Å²) in [6.07, 6.45) is 12.3. The molecular formula is C20H16N2O3S2. The molecule has 2 heterocycles. The van der Waals surface area contributed by atoms with Crippen molar-refractivity contribution in [2.75, 3.05) is 11.4 Å². The fraction of sp³-hybridized carbons (Fsp3) is 0.150. The molecule has 1 N–H and O–H groups in total. The molecule has 0 radical (unpaired) electrons. The number of amides is 1. The van der Waals surface area contributed by atoms with Crippen molar-refractivity contribution in [1.29, 1.82) is 0 Å². The number of hydrogen-bond acceptors (Lipinski definition) is 5. The highest BCUT2D eigenvalue weighted by Crippen LogP contribution is 2.36. The number of fused-ring (bicyclic) bond motifs is 1. The molecule has 0 spiro atoms. The number of nitrogens with zero attached hydrogens (tertiary/aromatic N) is 2. The number of rotatable bonds is 4. The van der Waals surface area contributed by atoms with Crippen molar-refractivity contribution in [3.8, 4) is 0 Å². The Bertz CT molecular complexity index is 934. The molecule has 1 aromatic carbocycles. The first kappa shape index (κ1) is 17.8. The average Bonchev–Trinajstić information content (AvgIpc) is 3.18. The molecule has 2 unspecified atom stereocenters. The molecule has 7 heteroatoms. The fourth-order valence-corrected chi connectivity index (χ4v) is 4.59. The van der Waals surface area contributed by atoms with Crippen LogP contribution in [0.5, 0.6) is 0 Å². The van der Waals surface area contributed by atoms with E-state index in [-0.39, 0.29) is 22.2 Å². The van der Waals surface area contributed by atoms with Crippen LogP contribution in [-0.4, -0.2) is 38.8 Å². The van der Waals surface area contributed by atoms with Gasteiger partial charge in [0.2, 0.25) is 0 Å². The van der Waals surface area contributed by atoms with Crippen molar-refractivity contribution in [2.45, 2.75) is 6.04 Å². The van der Waals surface area contributed by atoms with E-state index >= 15 is 0 Å². The van der Waals surface area contributed by atoms with Crippen LogP contribution >= 0.6 is 24.0 Å². The van der Waals surface area contributed by atoms with Gasteiger partial charge in [-0.1, -0.05) is 66.5 Å². The molecule has 2 atom stereocenters. The second-order valence-corrected chi connectivity index (χ2v) is 8.02. The minimum absolute atomic E-state index is 0.214. The number of aliphatic carboxylic acids is 1. The summed E-state index contributed by atoms with van der Waals surface area (Å²) in [5, 5.41) is 8.92. The SMILES string of the molecule is O=C(O)CN1C(=O)/C(=C/C2=CC3C=CN(c4ccccc4)C3C=C2)SC1=S.